The first-order chi connectivity index (χ1) is 8.74. The number of nitrogens with one attached hydrogen (secondary N) is 1. The van der Waals surface area contributed by atoms with Crippen LogP contribution in [0.25, 0.3) is 10.8 Å². The van der Waals surface area contributed by atoms with Crippen molar-refractivity contribution in [3.8, 4) is 0 Å². The summed E-state index contributed by atoms with van der Waals surface area (Å²) in [5.74, 6) is -0.240. The van der Waals surface area contributed by atoms with Crippen LogP contribution in [0.15, 0.2) is 30.5 Å². The maximum absolute atomic E-state index is 12.0. The smallest absolute Gasteiger partial charge is 0.270 e. The van der Waals surface area contributed by atoms with Crippen LogP contribution < -0.4 is 11.1 Å². The van der Waals surface area contributed by atoms with E-state index in [1.165, 1.54) is 0 Å². The fraction of sp³-hybridized carbons (Fsp3) is 0.231. The molecule has 2 aromatic rings. The highest BCUT2D eigenvalue weighted by Crippen LogP contribution is 2.23. The lowest BCUT2D eigenvalue weighted by Gasteiger charge is -2.08. The van der Waals surface area contributed by atoms with Gasteiger partial charge in [-0.2, -0.15) is 0 Å². The molecule has 18 heavy (non-hydrogen) atoms. The lowest BCUT2D eigenvalue weighted by molar-refractivity contribution is 0.0934. The number of nitrogen functional groups attached to an aromatic ring is 1. The van der Waals surface area contributed by atoms with Crippen LogP contribution in [0, 0.1) is 0 Å². The van der Waals surface area contributed by atoms with E-state index in [9.17, 15) is 4.79 Å². The molecule has 1 aromatic heterocycles. The van der Waals surface area contributed by atoms with E-state index in [1.54, 1.807) is 19.4 Å². The van der Waals surface area contributed by atoms with Crippen LogP contribution in [0.3, 0.4) is 0 Å². The number of rotatable bonds is 4. The van der Waals surface area contributed by atoms with Crippen molar-refractivity contribution in [1.82, 2.24) is 10.3 Å². The maximum atomic E-state index is 12.0. The van der Waals surface area contributed by atoms with Gasteiger partial charge in [0.2, 0.25) is 0 Å². The summed E-state index contributed by atoms with van der Waals surface area (Å²) >= 11 is 0. The minimum atomic E-state index is -0.240. The summed E-state index contributed by atoms with van der Waals surface area (Å²) in [6, 6.07) is 7.34. The number of carbonyl (C=O) groups is 1. The number of ether oxygens (including phenoxy) is 1. The van der Waals surface area contributed by atoms with Gasteiger partial charge >= 0.3 is 0 Å². The van der Waals surface area contributed by atoms with Crippen LogP contribution in [0.4, 0.5) is 5.69 Å². The number of fused-ring (bicyclic) bond motifs is 1. The topological polar surface area (TPSA) is 77.2 Å². The zero-order chi connectivity index (χ0) is 13.0. The lowest BCUT2D eigenvalue weighted by Crippen LogP contribution is -2.28. The van der Waals surface area contributed by atoms with Crippen LogP contribution in [-0.4, -0.2) is 31.2 Å². The molecule has 3 N–H and O–H groups in total. The molecule has 0 spiro atoms. The summed E-state index contributed by atoms with van der Waals surface area (Å²) in [7, 11) is 1.58. The molecule has 0 unspecified atom stereocenters. The maximum Gasteiger partial charge on any atom is 0.270 e. The van der Waals surface area contributed by atoms with Crippen LogP contribution in [0.1, 0.15) is 10.5 Å². The van der Waals surface area contributed by atoms with Gasteiger partial charge in [-0.1, -0.05) is 12.1 Å². The van der Waals surface area contributed by atoms with Crippen LogP contribution in [0.2, 0.25) is 0 Å². The Balaban J connectivity index is 2.35. The monoisotopic (exact) mass is 245 g/mol. The molecule has 0 aliphatic heterocycles. The molecule has 94 valence electrons. The third kappa shape index (κ3) is 2.41. The summed E-state index contributed by atoms with van der Waals surface area (Å²) in [4.78, 5) is 16.1. The van der Waals surface area contributed by atoms with Gasteiger partial charge < -0.3 is 15.8 Å². The minimum Gasteiger partial charge on any atom is -0.398 e. The average Bonchev–Trinajstić information content (AvgIpc) is 2.38. The number of benzene rings is 1. The number of hydrogen-bond acceptors (Lipinski definition) is 4. The molecule has 0 atom stereocenters. The summed E-state index contributed by atoms with van der Waals surface area (Å²) in [6.45, 7) is 0.909. The second kappa shape index (κ2) is 5.46. The van der Waals surface area contributed by atoms with Crippen LogP contribution in [-0.2, 0) is 4.74 Å². The molecule has 0 fully saturated rings. The van der Waals surface area contributed by atoms with E-state index in [0.717, 1.165) is 5.39 Å². The molecule has 0 aliphatic carbocycles. The van der Waals surface area contributed by atoms with Gasteiger partial charge in [0.25, 0.3) is 5.91 Å². The normalized spacial score (nSPS) is 10.5. The highest BCUT2D eigenvalue weighted by molar-refractivity contribution is 6.09. The Hall–Kier alpha value is -2.14. The first-order valence-electron chi connectivity index (χ1n) is 5.64. The summed E-state index contributed by atoms with van der Waals surface area (Å²) in [6.07, 6.45) is 1.60. The number of hydrogen-bond donors (Lipinski definition) is 2. The summed E-state index contributed by atoms with van der Waals surface area (Å²) < 4.78 is 4.88. The van der Waals surface area contributed by atoms with Crippen molar-refractivity contribution >= 4 is 22.4 Å². The van der Waals surface area contributed by atoms with Crippen molar-refractivity contribution in [3.05, 3.63) is 36.2 Å². The van der Waals surface area contributed by atoms with E-state index in [2.05, 4.69) is 10.3 Å². The number of anilines is 1. The van der Waals surface area contributed by atoms with E-state index >= 15 is 0 Å². The first-order valence-corrected chi connectivity index (χ1v) is 5.64. The number of carbonyl (C=O) groups excluding carboxylic acids is 1. The fourth-order valence-corrected chi connectivity index (χ4v) is 1.78. The van der Waals surface area contributed by atoms with Crippen molar-refractivity contribution in [3.63, 3.8) is 0 Å². The quantitative estimate of drug-likeness (QED) is 0.626. The number of amides is 1. The van der Waals surface area contributed by atoms with Crippen LogP contribution in [0.5, 0.6) is 0 Å². The van der Waals surface area contributed by atoms with Gasteiger partial charge in [-0.25, -0.2) is 0 Å². The molecular weight excluding hydrogens is 230 g/mol. The average molecular weight is 245 g/mol. The molecule has 5 heteroatoms. The Kier molecular flexibility index (Phi) is 3.74. The Bertz CT molecular complexity index is 564. The number of methoxy groups -OCH3 is 1. The number of pyridine rings is 1. The Labute approximate surface area is 105 Å². The summed E-state index contributed by atoms with van der Waals surface area (Å²) in [5, 5.41) is 4.33. The standard InChI is InChI=1S/C13H15N3O2/c1-18-8-7-16-13(17)12-11-9(5-6-15-12)3-2-4-10(11)14/h2-6H,7-8,14H2,1H3,(H,16,17). The molecule has 0 saturated carbocycles. The van der Waals surface area contributed by atoms with Gasteiger partial charge in [0.05, 0.1) is 6.61 Å². The van der Waals surface area contributed by atoms with Crippen molar-refractivity contribution in [2.75, 3.05) is 26.0 Å². The molecule has 0 saturated heterocycles. The van der Waals surface area contributed by atoms with Gasteiger partial charge in [0, 0.05) is 30.9 Å². The number of aromatic nitrogens is 1. The molecular formula is C13H15N3O2. The van der Waals surface area contributed by atoms with E-state index in [4.69, 9.17) is 10.5 Å². The molecule has 1 aromatic carbocycles. The SMILES string of the molecule is COCCNC(=O)c1nccc2cccc(N)c12. The Morgan fingerprint density at radius 1 is 1.44 bits per heavy atom. The molecule has 0 bridgehead atoms. The molecule has 1 heterocycles. The van der Waals surface area contributed by atoms with E-state index in [1.807, 2.05) is 18.2 Å². The van der Waals surface area contributed by atoms with Gasteiger partial charge in [0.1, 0.15) is 5.69 Å². The van der Waals surface area contributed by atoms with Gasteiger partial charge in [0.15, 0.2) is 0 Å². The molecule has 1 amide bonds. The summed E-state index contributed by atoms with van der Waals surface area (Å²) in [5.41, 5.74) is 6.81. The van der Waals surface area contributed by atoms with Gasteiger partial charge in [-0.3, -0.25) is 9.78 Å². The first kappa shape index (κ1) is 12.3. The van der Waals surface area contributed by atoms with Crippen molar-refractivity contribution < 1.29 is 9.53 Å². The Morgan fingerprint density at radius 3 is 3.06 bits per heavy atom. The highest BCUT2D eigenvalue weighted by atomic mass is 16.5. The fourth-order valence-electron chi connectivity index (χ4n) is 1.78. The zero-order valence-corrected chi connectivity index (χ0v) is 10.1. The third-order valence-electron chi connectivity index (χ3n) is 2.63. The second-order valence-electron chi connectivity index (χ2n) is 3.85. The van der Waals surface area contributed by atoms with Gasteiger partial charge in [-0.15, -0.1) is 0 Å². The second-order valence-corrected chi connectivity index (χ2v) is 3.85. The van der Waals surface area contributed by atoms with Gasteiger partial charge in [-0.05, 0) is 17.5 Å². The van der Waals surface area contributed by atoms with Crippen molar-refractivity contribution in [1.29, 1.82) is 0 Å². The van der Waals surface area contributed by atoms with E-state index < -0.39 is 0 Å². The molecule has 2 rings (SSSR count). The van der Waals surface area contributed by atoms with E-state index in [-0.39, 0.29) is 5.91 Å². The third-order valence-corrected chi connectivity index (χ3v) is 2.63. The predicted molar refractivity (Wildman–Crippen MR) is 70.4 cm³/mol. The molecule has 0 aliphatic rings. The number of nitrogens with zero attached hydrogens (tertiary/aromatic N) is 1. The minimum absolute atomic E-state index is 0.240. The zero-order valence-electron chi connectivity index (χ0n) is 10.1. The Morgan fingerprint density at radius 2 is 2.28 bits per heavy atom. The van der Waals surface area contributed by atoms with Crippen LogP contribution >= 0.6 is 0 Å². The van der Waals surface area contributed by atoms with Crippen molar-refractivity contribution in [2.24, 2.45) is 0 Å². The predicted octanol–water partition coefficient (Wildman–Crippen LogP) is 1.19. The highest BCUT2D eigenvalue weighted by Gasteiger charge is 2.12. The lowest BCUT2D eigenvalue weighted by atomic mass is 10.1. The number of nitrogens with two attached hydrogens (primary N) is 1. The molecule has 5 nitrogen and oxygen atoms in total. The largest absolute Gasteiger partial charge is 0.398 e. The molecule has 0 radical (unpaired) electrons. The van der Waals surface area contributed by atoms with Crippen molar-refractivity contribution in [2.45, 2.75) is 0 Å². The van der Waals surface area contributed by atoms with E-state index in [0.29, 0.717) is 29.9 Å².